The van der Waals surface area contributed by atoms with Crippen molar-refractivity contribution in [1.29, 1.82) is 0 Å². The summed E-state index contributed by atoms with van der Waals surface area (Å²) in [5, 5.41) is 9.01. The molecule has 116 valence electrons. The van der Waals surface area contributed by atoms with Gasteiger partial charge in [-0.05, 0) is 19.1 Å². The molecule has 0 aliphatic heterocycles. The van der Waals surface area contributed by atoms with Crippen LogP contribution in [0.2, 0.25) is 0 Å². The van der Waals surface area contributed by atoms with Gasteiger partial charge in [-0.15, -0.1) is 16.8 Å². The maximum Gasteiger partial charge on any atom is 0.227 e. The van der Waals surface area contributed by atoms with Crippen LogP contribution in [0.25, 0.3) is 11.4 Å². The first kappa shape index (κ1) is 16.1. The van der Waals surface area contributed by atoms with Crippen LogP contribution >= 0.6 is 11.8 Å². The van der Waals surface area contributed by atoms with Crippen LogP contribution in [-0.4, -0.2) is 33.0 Å². The Kier molecular flexibility index (Phi) is 5.60. The fourth-order valence-electron chi connectivity index (χ4n) is 1.96. The number of aromatic nitrogens is 3. The minimum absolute atomic E-state index is 0.155. The number of hydrogen-bond donors (Lipinski definition) is 1. The second-order valence-electron chi connectivity index (χ2n) is 4.39. The zero-order chi connectivity index (χ0) is 15.9. The van der Waals surface area contributed by atoms with E-state index < -0.39 is 5.91 Å². The maximum absolute atomic E-state index is 11.0. The van der Waals surface area contributed by atoms with Gasteiger partial charge in [-0.2, -0.15) is 0 Å². The topological polar surface area (TPSA) is 83.0 Å². The lowest BCUT2D eigenvalue weighted by molar-refractivity contribution is -0.115. The molecule has 7 heteroatoms. The number of benzene rings is 1. The van der Waals surface area contributed by atoms with Gasteiger partial charge in [-0.1, -0.05) is 30.0 Å². The van der Waals surface area contributed by atoms with E-state index in [2.05, 4.69) is 16.8 Å². The van der Waals surface area contributed by atoms with Crippen molar-refractivity contribution < 1.29 is 9.53 Å². The Morgan fingerprint density at radius 1 is 1.45 bits per heavy atom. The van der Waals surface area contributed by atoms with Gasteiger partial charge in [0.1, 0.15) is 5.75 Å². The molecule has 1 aromatic carbocycles. The molecule has 22 heavy (non-hydrogen) atoms. The fourth-order valence-corrected chi connectivity index (χ4v) is 2.64. The van der Waals surface area contributed by atoms with Crippen molar-refractivity contribution in [2.24, 2.45) is 5.73 Å². The van der Waals surface area contributed by atoms with Crippen LogP contribution in [0.5, 0.6) is 5.75 Å². The summed E-state index contributed by atoms with van der Waals surface area (Å²) >= 11 is 1.26. The first-order chi connectivity index (χ1) is 10.7. The van der Waals surface area contributed by atoms with Gasteiger partial charge in [0.15, 0.2) is 11.0 Å². The van der Waals surface area contributed by atoms with Gasteiger partial charge in [0.2, 0.25) is 5.91 Å². The number of rotatable bonds is 8. The number of ether oxygens (including phenoxy) is 1. The quantitative estimate of drug-likeness (QED) is 0.595. The average Bonchev–Trinajstić information content (AvgIpc) is 2.89. The van der Waals surface area contributed by atoms with Gasteiger partial charge < -0.3 is 10.5 Å². The lowest BCUT2D eigenvalue weighted by Gasteiger charge is -2.11. The predicted octanol–water partition coefficient (Wildman–Crippen LogP) is 2.11. The summed E-state index contributed by atoms with van der Waals surface area (Å²) in [5.74, 6) is 1.18. The van der Waals surface area contributed by atoms with Gasteiger partial charge in [-0.3, -0.25) is 9.36 Å². The van der Waals surface area contributed by atoms with Crippen molar-refractivity contribution in [1.82, 2.24) is 14.8 Å². The van der Waals surface area contributed by atoms with E-state index in [4.69, 9.17) is 10.5 Å². The molecule has 1 heterocycles. The van der Waals surface area contributed by atoms with Gasteiger partial charge in [0.25, 0.3) is 0 Å². The molecule has 0 atom stereocenters. The monoisotopic (exact) mass is 318 g/mol. The minimum Gasteiger partial charge on any atom is -0.493 e. The molecular weight excluding hydrogens is 300 g/mol. The van der Waals surface area contributed by atoms with Crippen LogP contribution in [0.1, 0.15) is 6.92 Å². The van der Waals surface area contributed by atoms with Crippen LogP contribution in [0.4, 0.5) is 0 Å². The van der Waals surface area contributed by atoms with Crippen molar-refractivity contribution in [3.8, 4) is 17.1 Å². The lowest BCUT2D eigenvalue weighted by Crippen LogP contribution is -2.14. The van der Waals surface area contributed by atoms with Crippen LogP contribution in [0.3, 0.4) is 0 Å². The Balaban J connectivity index is 2.42. The largest absolute Gasteiger partial charge is 0.493 e. The summed E-state index contributed by atoms with van der Waals surface area (Å²) in [7, 11) is 0. The number of primary amides is 1. The maximum atomic E-state index is 11.0. The van der Waals surface area contributed by atoms with Crippen LogP contribution in [0.15, 0.2) is 42.1 Å². The third kappa shape index (κ3) is 3.67. The molecule has 1 aromatic heterocycles. The highest BCUT2D eigenvalue weighted by atomic mass is 32.2. The van der Waals surface area contributed by atoms with E-state index in [0.717, 1.165) is 11.3 Å². The van der Waals surface area contributed by atoms with Crippen LogP contribution in [0, 0.1) is 0 Å². The van der Waals surface area contributed by atoms with Gasteiger partial charge in [-0.25, -0.2) is 0 Å². The third-order valence-electron chi connectivity index (χ3n) is 2.80. The van der Waals surface area contributed by atoms with E-state index in [9.17, 15) is 4.79 Å². The Morgan fingerprint density at radius 3 is 2.91 bits per heavy atom. The zero-order valence-corrected chi connectivity index (χ0v) is 13.2. The highest BCUT2D eigenvalue weighted by Crippen LogP contribution is 2.31. The number of para-hydroxylation sites is 1. The van der Waals surface area contributed by atoms with E-state index in [1.807, 2.05) is 35.8 Å². The zero-order valence-electron chi connectivity index (χ0n) is 12.4. The first-order valence-electron chi connectivity index (χ1n) is 6.84. The lowest BCUT2D eigenvalue weighted by atomic mass is 10.2. The molecule has 0 bridgehead atoms. The molecule has 1 amide bonds. The van der Waals surface area contributed by atoms with E-state index >= 15 is 0 Å². The standard InChI is InChI=1S/C15H18N4O2S/c1-3-9-19-14(17-18-15(19)22-10-13(16)20)11-7-5-6-8-12(11)21-4-2/h3,5-8H,1,4,9-10H2,2H3,(H2,16,20). The highest BCUT2D eigenvalue weighted by Gasteiger charge is 2.17. The predicted molar refractivity (Wildman–Crippen MR) is 86.7 cm³/mol. The molecule has 0 fully saturated rings. The summed E-state index contributed by atoms with van der Waals surface area (Å²) in [6.07, 6.45) is 1.75. The Bertz CT molecular complexity index is 669. The van der Waals surface area contributed by atoms with Crippen molar-refractivity contribution >= 4 is 17.7 Å². The molecule has 0 spiro atoms. The molecule has 2 N–H and O–H groups in total. The van der Waals surface area contributed by atoms with Gasteiger partial charge >= 0.3 is 0 Å². The van der Waals surface area contributed by atoms with E-state index in [1.54, 1.807) is 6.08 Å². The normalized spacial score (nSPS) is 10.4. The van der Waals surface area contributed by atoms with Crippen LogP contribution in [-0.2, 0) is 11.3 Å². The molecule has 0 saturated heterocycles. The summed E-state index contributed by atoms with van der Waals surface area (Å²) in [5.41, 5.74) is 6.04. The van der Waals surface area contributed by atoms with E-state index in [-0.39, 0.29) is 5.75 Å². The Labute approximate surface area is 133 Å². The number of carbonyl (C=O) groups is 1. The molecule has 0 saturated carbocycles. The number of amides is 1. The fraction of sp³-hybridized carbons (Fsp3) is 0.267. The average molecular weight is 318 g/mol. The highest BCUT2D eigenvalue weighted by molar-refractivity contribution is 7.99. The van der Waals surface area contributed by atoms with Crippen molar-refractivity contribution in [3.05, 3.63) is 36.9 Å². The molecule has 2 rings (SSSR count). The number of nitrogens with two attached hydrogens (primary N) is 1. The number of allylic oxidation sites excluding steroid dienone is 1. The summed E-state index contributed by atoms with van der Waals surface area (Å²) in [4.78, 5) is 11.0. The first-order valence-corrected chi connectivity index (χ1v) is 7.83. The summed E-state index contributed by atoms with van der Waals surface area (Å²) in [6.45, 7) is 6.78. The molecular formula is C15H18N4O2S. The molecule has 0 aliphatic rings. The minimum atomic E-state index is -0.394. The van der Waals surface area contributed by atoms with Crippen molar-refractivity contribution in [2.75, 3.05) is 12.4 Å². The van der Waals surface area contributed by atoms with E-state index in [0.29, 0.717) is 24.1 Å². The molecule has 0 unspecified atom stereocenters. The molecule has 2 aromatic rings. The molecule has 0 radical (unpaired) electrons. The Hall–Kier alpha value is -2.28. The number of nitrogens with zero attached hydrogens (tertiary/aromatic N) is 3. The third-order valence-corrected chi connectivity index (χ3v) is 3.79. The smallest absolute Gasteiger partial charge is 0.227 e. The van der Waals surface area contributed by atoms with E-state index in [1.165, 1.54) is 11.8 Å². The number of thioether (sulfide) groups is 1. The molecule has 0 aliphatic carbocycles. The molecule has 6 nitrogen and oxygen atoms in total. The summed E-state index contributed by atoms with van der Waals surface area (Å²) in [6, 6.07) is 7.64. The van der Waals surface area contributed by atoms with Gasteiger partial charge in [0.05, 0.1) is 17.9 Å². The Morgan fingerprint density at radius 2 is 2.23 bits per heavy atom. The number of hydrogen-bond acceptors (Lipinski definition) is 5. The van der Waals surface area contributed by atoms with Crippen molar-refractivity contribution in [2.45, 2.75) is 18.6 Å². The second-order valence-corrected chi connectivity index (χ2v) is 5.33. The van der Waals surface area contributed by atoms with Gasteiger partial charge in [0, 0.05) is 6.54 Å². The van der Waals surface area contributed by atoms with Crippen LogP contribution < -0.4 is 10.5 Å². The summed E-state index contributed by atoms with van der Waals surface area (Å²) < 4.78 is 7.53. The van der Waals surface area contributed by atoms with Crippen molar-refractivity contribution in [3.63, 3.8) is 0 Å². The number of carbonyl (C=O) groups excluding carboxylic acids is 1. The SMILES string of the molecule is C=CCn1c(SCC(N)=O)nnc1-c1ccccc1OCC. The second kappa shape index (κ2) is 7.65.